The highest BCUT2D eigenvalue weighted by Gasteiger charge is 2.11. The van der Waals surface area contributed by atoms with E-state index in [1.165, 1.54) is 23.4 Å². The van der Waals surface area contributed by atoms with Gasteiger partial charge in [0.15, 0.2) is 0 Å². The molecule has 2 nitrogen and oxygen atoms in total. The van der Waals surface area contributed by atoms with Crippen LogP contribution in [0.5, 0.6) is 0 Å². The Kier molecular flexibility index (Phi) is 4.96. The average Bonchev–Trinajstić information content (AvgIpc) is 2.41. The number of halogens is 1. The molecule has 0 aromatic heterocycles. The second-order valence-electron chi connectivity index (χ2n) is 4.37. The second-order valence-corrected chi connectivity index (χ2v) is 5.44. The molecule has 0 amide bonds. The standard InChI is InChI=1S/C15H17FN2S/c1-11-5-4-6-12(9-11)14(18-17)10-19-15-8-3-2-7-13(15)16/h2-9,14,18H,10,17H2,1H3. The molecule has 100 valence electrons. The minimum Gasteiger partial charge on any atom is -0.271 e. The monoisotopic (exact) mass is 276 g/mol. The fraction of sp³-hybridized carbons (Fsp3) is 0.200. The minimum absolute atomic E-state index is 0.00417. The lowest BCUT2D eigenvalue weighted by Crippen LogP contribution is -2.29. The molecule has 0 aliphatic heterocycles. The van der Waals surface area contributed by atoms with Gasteiger partial charge in [0.25, 0.3) is 0 Å². The van der Waals surface area contributed by atoms with Crippen molar-refractivity contribution in [3.05, 3.63) is 65.5 Å². The van der Waals surface area contributed by atoms with Crippen molar-refractivity contribution in [3.63, 3.8) is 0 Å². The molecule has 4 heteroatoms. The van der Waals surface area contributed by atoms with Crippen molar-refractivity contribution in [3.8, 4) is 0 Å². The summed E-state index contributed by atoms with van der Waals surface area (Å²) in [5.41, 5.74) is 5.10. The number of aryl methyl sites for hydroxylation is 1. The predicted molar refractivity (Wildman–Crippen MR) is 78.4 cm³/mol. The number of benzene rings is 2. The van der Waals surface area contributed by atoms with E-state index >= 15 is 0 Å². The zero-order valence-electron chi connectivity index (χ0n) is 10.8. The summed E-state index contributed by atoms with van der Waals surface area (Å²) < 4.78 is 13.5. The number of hydrogen-bond donors (Lipinski definition) is 2. The first kappa shape index (κ1) is 14.1. The predicted octanol–water partition coefficient (Wildman–Crippen LogP) is 3.43. The van der Waals surface area contributed by atoms with Crippen LogP contribution in [0, 0.1) is 12.7 Å². The lowest BCUT2D eigenvalue weighted by Gasteiger charge is -2.16. The van der Waals surface area contributed by atoms with Crippen LogP contribution in [0.1, 0.15) is 17.2 Å². The summed E-state index contributed by atoms with van der Waals surface area (Å²) in [5, 5.41) is 0. The zero-order valence-corrected chi connectivity index (χ0v) is 11.6. The molecular weight excluding hydrogens is 259 g/mol. The van der Waals surface area contributed by atoms with Gasteiger partial charge in [-0.3, -0.25) is 11.3 Å². The summed E-state index contributed by atoms with van der Waals surface area (Å²) in [6.07, 6.45) is 0. The normalized spacial score (nSPS) is 12.4. The number of nitrogens with one attached hydrogen (secondary N) is 1. The Balaban J connectivity index is 2.06. The summed E-state index contributed by atoms with van der Waals surface area (Å²) in [7, 11) is 0. The zero-order chi connectivity index (χ0) is 13.7. The van der Waals surface area contributed by atoms with Gasteiger partial charge in [0.05, 0.1) is 6.04 Å². The maximum atomic E-state index is 13.5. The third-order valence-electron chi connectivity index (χ3n) is 2.89. The van der Waals surface area contributed by atoms with Crippen molar-refractivity contribution in [2.45, 2.75) is 17.9 Å². The van der Waals surface area contributed by atoms with E-state index in [0.29, 0.717) is 10.6 Å². The maximum Gasteiger partial charge on any atom is 0.136 e. The third kappa shape index (κ3) is 3.80. The molecule has 0 saturated heterocycles. The van der Waals surface area contributed by atoms with Crippen LogP contribution in [-0.2, 0) is 0 Å². The van der Waals surface area contributed by atoms with E-state index in [2.05, 4.69) is 11.5 Å². The van der Waals surface area contributed by atoms with Gasteiger partial charge in [-0.05, 0) is 24.6 Å². The van der Waals surface area contributed by atoms with Gasteiger partial charge in [0.1, 0.15) is 5.82 Å². The minimum atomic E-state index is -0.187. The molecule has 3 N–H and O–H groups in total. The molecule has 0 spiro atoms. The molecule has 0 radical (unpaired) electrons. The van der Waals surface area contributed by atoms with Crippen molar-refractivity contribution >= 4 is 11.8 Å². The highest BCUT2D eigenvalue weighted by molar-refractivity contribution is 7.99. The molecular formula is C15H17FN2S. The van der Waals surface area contributed by atoms with Gasteiger partial charge in [-0.1, -0.05) is 42.0 Å². The second kappa shape index (κ2) is 6.70. The fourth-order valence-corrected chi connectivity index (χ4v) is 2.88. The first-order valence-electron chi connectivity index (χ1n) is 6.10. The molecule has 0 fully saturated rings. The third-order valence-corrected chi connectivity index (χ3v) is 4.03. The van der Waals surface area contributed by atoms with Gasteiger partial charge in [-0.25, -0.2) is 4.39 Å². The van der Waals surface area contributed by atoms with Crippen molar-refractivity contribution in [1.82, 2.24) is 5.43 Å². The highest BCUT2D eigenvalue weighted by Crippen LogP contribution is 2.26. The van der Waals surface area contributed by atoms with E-state index in [9.17, 15) is 4.39 Å². The largest absolute Gasteiger partial charge is 0.271 e. The van der Waals surface area contributed by atoms with Crippen molar-refractivity contribution in [1.29, 1.82) is 0 Å². The summed E-state index contributed by atoms with van der Waals surface area (Å²) in [4.78, 5) is 0.649. The molecule has 0 bridgehead atoms. The van der Waals surface area contributed by atoms with E-state index in [1.807, 2.05) is 31.2 Å². The van der Waals surface area contributed by atoms with Crippen LogP contribution >= 0.6 is 11.8 Å². The quantitative estimate of drug-likeness (QED) is 0.499. The van der Waals surface area contributed by atoms with E-state index in [-0.39, 0.29) is 11.9 Å². The van der Waals surface area contributed by atoms with Crippen LogP contribution in [0.2, 0.25) is 0 Å². The van der Waals surface area contributed by atoms with Gasteiger partial charge >= 0.3 is 0 Å². The molecule has 0 aliphatic rings. The molecule has 0 heterocycles. The first-order valence-corrected chi connectivity index (χ1v) is 7.09. The smallest absolute Gasteiger partial charge is 0.136 e. The first-order chi connectivity index (χ1) is 9.20. The topological polar surface area (TPSA) is 38.0 Å². The summed E-state index contributed by atoms with van der Waals surface area (Å²) >= 11 is 1.46. The Bertz CT molecular complexity index is 545. The van der Waals surface area contributed by atoms with E-state index in [4.69, 9.17) is 5.84 Å². The van der Waals surface area contributed by atoms with Gasteiger partial charge < -0.3 is 0 Å². The molecule has 0 saturated carbocycles. The maximum absolute atomic E-state index is 13.5. The van der Waals surface area contributed by atoms with Crippen LogP contribution in [0.15, 0.2) is 53.4 Å². The number of thioether (sulfide) groups is 1. The molecule has 0 aliphatic carbocycles. The van der Waals surface area contributed by atoms with Crippen molar-refractivity contribution in [2.24, 2.45) is 5.84 Å². The molecule has 19 heavy (non-hydrogen) atoms. The number of rotatable bonds is 5. The van der Waals surface area contributed by atoms with Crippen molar-refractivity contribution < 1.29 is 4.39 Å². The number of hydrazine groups is 1. The van der Waals surface area contributed by atoms with Gasteiger partial charge in [0, 0.05) is 10.6 Å². The van der Waals surface area contributed by atoms with E-state index in [1.54, 1.807) is 12.1 Å². The Morgan fingerprint density at radius 3 is 2.68 bits per heavy atom. The summed E-state index contributed by atoms with van der Waals surface area (Å²) in [6, 6.07) is 14.9. The van der Waals surface area contributed by atoms with Gasteiger partial charge in [0.2, 0.25) is 0 Å². The van der Waals surface area contributed by atoms with Crippen LogP contribution in [-0.4, -0.2) is 5.75 Å². The number of nitrogens with two attached hydrogens (primary N) is 1. The lowest BCUT2D eigenvalue weighted by atomic mass is 10.1. The lowest BCUT2D eigenvalue weighted by molar-refractivity contribution is 0.596. The molecule has 2 aromatic carbocycles. The average molecular weight is 276 g/mol. The van der Waals surface area contributed by atoms with Crippen LogP contribution in [0.4, 0.5) is 4.39 Å². The Labute approximate surface area is 117 Å². The summed E-state index contributed by atoms with van der Waals surface area (Å²) in [6.45, 7) is 2.04. The van der Waals surface area contributed by atoms with E-state index in [0.717, 1.165) is 5.56 Å². The van der Waals surface area contributed by atoms with Crippen LogP contribution in [0.25, 0.3) is 0 Å². The Morgan fingerprint density at radius 1 is 1.21 bits per heavy atom. The molecule has 1 unspecified atom stereocenters. The van der Waals surface area contributed by atoms with E-state index < -0.39 is 0 Å². The fourth-order valence-electron chi connectivity index (χ4n) is 1.86. The molecule has 2 rings (SSSR count). The SMILES string of the molecule is Cc1cccc(C(CSc2ccccc2F)NN)c1. The highest BCUT2D eigenvalue weighted by atomic mass is 32.2. The van der Waals surface area contributed by atoms with Crippen LogP contribution in [0.3, 0.4) is 0 Å². The number of hydrogen-bond acceptors (Lipinski definition) is 3. The van der Waals surface area contributed by atoms with Crippen molar-refractivity contribution in [2.75, 3.05) is 5.75 Å². The molecule has 2 aromatic rings. The Morgan fingerprint density at radius 2 is 2.00 bits per heavy atom. The Hall–Kier alpha value is -1.36. The van der Waals surface area contributed by atoms with Gasteiger partial charge in [-0.15, -0.1) is 11.8 Å². The summed E-state index contributed by atoms with van der Waals surface area (Å²) in [5.74, 6) is 6.09. The molecule has 1 atom stereocenters. The van der Waals surface area contributed by atoms with Gasteiger partial charge in [-0.2, -0.15) is 0 Å². The van der Waals surface area contributed by atoms with Crippen LogP contribution < -0.4 is 11.3 Å².